The van der Waals surface area contributed by atoms with Crippen LogP contribution in [0.15, 0.2) is 22.7 Å². The number of hydrogen-bond acceptors (Lipinski definition) is 4. The number of nitrogens with zero attached hydrogens (tertiary/aromatic N) is 2. The predicted octanol–water partition coefficient (Wildman–Crippen LogP) is 2.94. The summed E-state index contributed by atoms with van der Waals surface area (Å²) >= 11 is 10.8. The Balaban J connectivity index is 1.75. The summed E-state index contributed by atoms with van der Waals surface area (Å²) in [5, 5.41) is 0.438. The van der Waals surface area contributed by atoms with Crippen molar-refractivity contribution in [3.63, 3.8) is 0 Å². The molecule has 1 aliphatic heterocycles. The molecule has 0 fully saturated rings. The molecule has 0 spiro atoms. The van der Waals surface area contributed by atoms with Crippen LogP contribution < -0.4 is 0 Å². The fourth-order valence-corrected chi connectivity index (χ4v) is 2.54. The highest BCUT2D eigenvalue weighted by atomic mass is 35.5. The lowest BCUT2D eigenvalue weighted by Crippen LogP contribution is -2.30. The lowest BCUT2D eigenvalue weighted by molar-refractivity contribution is 0.223. The summed E-state index contributed by atoms with van der Waals surface area (Å²) in [6.45, 7) is 2.59. The van der Waals surface area contributed by atoms with E-state index in [1.165, 1.54) is 11.3 Å². The second-order valence-corrected chi connectivity index (χ2v) is 5.12. The van der Waals surface area contributed by atoms with Gasteiger partial charge in [-0.05, 0) is 36.0 Å². The van der Waals surface area contributed by atoms with Gasteiger partial charge in [0.05, 0.1) is 6.54 Å². The number of hydrogen-bond donors (Lipinski definition) is 1. The first kappa shape index (κ1) is 11.9. The Labute approximate surface area is 115 Å². The summed E-state index contributed by atoms with van der Waals surface area (Å²) in [7, 11) is 0. The molecule has 0 aliphatic carbocycles. The number of furan rings is 1. The molecule has 1 N–H and O–H groups in total. The van der Waals surface area contributed by atoms with E-state index >= 15 is 0 Å². The van der Waals surface area contributed by atoms with Crippen molar-refractivity contribution in [3.8, 4) is 0 Å². The van der Waals surface area contributed by atoms with E-state index in [4.69, 9.17) is 28.2 Å². The highest BCUT2D eigenvalue weighted by Crippen LogP contribution is 2.20. The molecule has 18 heavy (non-hydrogen) atoms. The van der Waals surface area contributed by atoms with Gasteiger partial charge in [-0.25, -0.2) is 4.98 Å². The normalized spacial score (nSPS) is 15.6. The van der Waals surface area contributed by atoms with Crippen molar-refractivity contribution < 1.29 is 4.42 Å². The van der Waals surface area contributed by atoms with Gasteiger partial charge in [-0.1, -0.05) is 0 Å². The third-order valence-electron chi connectivity index (χ3n) is 3.06. The highest BCUT2D eigenvalue weighted by Gasteiger charge is 2.18. The molecule has 6 heteroatoms. The Kier molecular flexibility index (Phi) is 3.20. The van der Waals surface area contributed by atoms with Gasteiger partial charge in [-0.2, -0.15) is 0 Å². The van der Waals surface area contributed by atoms with Crippen molar-refractivity contribution in [3.05, 3.63) is 45.3 Å². The molecule has 0 bridgehead atoms. The zero-order valence-corrected chi connectivity index (χ0v) is 11.2. The van der Waals surface area contributed by atoms with E-state index in [1.54, 1.807) is 6.07 Å². The van der Waals surface area contributed by atoms with E-state index in [-0.39, 0.29) is 0 Å². The van der Waals surface area contributed by atoms with Crippen molar-refractivity contribution in [2.24, 2.45) is 0 Å². The van der Waals surface area contributed by atoms with Crippen molar-refractivity contribution in [2.75, 3.05) is 6.54 Å². The Morgan fingerprint density at radius 2 is 2.39 bits per heavy atom. The standard InChI is InChI=1S/C12H12ClN3OS/c13-11-2-1-9(17-11)7-16-4-3-10-8(6-16)5-14-12(18)15-10/h1-2,5H,3-4,6-7H2,(H,14,15,18). The molecule has 94 valence electrons. The molecule has 2 aromatic rings. The quantitative estimate of drug-likeness (QED) is 0.860. The van der Waals surface area contributed by atoms with Gasteiger partial charge in [0.15, 0.2) is 9.99 Å². The van der Waals surface area contributed by atoms with Gasteiger partial charge in [0.2, 0.25) is 0 Å². The fraction of sp³-hybridized carbons (Fsp3) is 0.333. The first-order valence-electron chi connectivity index (χ1n) is 5.74. The molecule has 0 saturated carbocycles. The lowest BCUT2D eigenvalue weighted by atomic mass is 10.1. The second kappa shape index (κ2) is 4.84. The van der Waals surface area contributed by atoms with Crippen molar-refractivity contribution >= 4 is 23.8 Å². The van der Waals surface area contributed by atoms with Gasteiger partial charge in [0.25, 0.3) is 0 Å². The monoisotopic (exact) mass is 281 g/mol. The van der Waals surface area contributed by atoms with Crippen LogP contribution in [0.25, 0.3) is 0 Å². The number of nitrogens with one attached hydrogen (secondary N) is 1. The van der Waals surface area contributed by atoms with E-state index < -0.39 is 0 Å². The maximum atomic E-state index is 5.76. The smallest absolute Gasteiger partial charge is 0.196 e. The summed E-state index contributed by atoms with van der Waals surface area (Å²) in [5.74, 6) is 0.889. The van der Waals surface area contributed by atoms with Crippen LogP contribution in [0.3, 0.4) is 0 Å². The van der Waals surface area contributed by atoms with Crippen LogP contribution in [0.1, 0.15) is 17.0 Å². The number of aromatic nitrogens is 2. The van der Waals surface area contributed by atoms with E-state index in [0.717, 1.165) is 31.8 Å². The third kappa shape index (κ3) is 2.48. The van der Waals surface area contributed by atoms with E-state index in [9.17, 15) is 0 Å². The fourth-order valence-electron chi connectivity index (χ4n) is 2.20. The second-order valence-electron chi connectivity index (χ2n) is 4.36. The third-order valence-corrected chi connectivity index (χ3v) is 3.47. The predicted molar refractivity (Wildman–Crippen MR) is 71.0 cm³/mol. The van der Waals surface area contributed by atoms with Crippen LogP contribution in [0, 0.1) is 4.77 Å². The molecule has 4 nitrogen and oxygen atoms in total. The summed E-state index contributed by atoms with van der Waals surface area (Å²) in [6, 6.07) is 3.68. The number of rotatable bonds is 2. The average Bonchev–Trinajstić information content (AvgIpc) is 2.75. The molecule has 0 radical (unpaired) electrons. The number of aromatic amines is 1. The zero-order valence-electron chi connectivity index (χ0n) is 9.65. The molecular weight excluding hydrogens is 270 g/mol. The Bertz CT molecular complexity index is 622. The van der Waals surface area contributed by atoms with Crippen molar-refractivity contribution in [1.29, 1.82) is 0 Å². The van der Waals surface area contributed by atoms with Crippen LogP contribution in [0.5, 0.6) is 0 Å². The first-order chi connectivity index (χ1) is 8.70. The van der Waals surface area contributed by atoms with Gasteiger partial charge >= 0.3 is 0 Å². The lowest BCUT2D eigenvalue weighted by Gasteiger charge is -2.27. The minimum Gasteiger partial charge on any atom is -0.448 e. The molecule has 0 aromatic carbocycles. The molecule has 3 heterocycles. The molecule has 0 amide bonds. The van der Waals surface area contributed by atoms with E-state index in [1.807, 2.05) is 12.3 Å². The number of fused-ring (bicyclic) bond motifs is 1. The molecule has 1 aliphatic rings. The Morgan fingerprint density at radius 3 is 3.17 bits per heavy atom. The summed E-state index contributed by atoms with van der Waals surface area (Å²) in [5.41, 5.74) is 2.40. The first-order valence-corrected chi connectivity index (χ1v) is 6.53. The minimum absolute atomic E-state index is 0.438. The van der Waals surface area contributed by atoms with Crippen LogP contribution in [-0.4, -0.2) is 21.4 Å². The van der Waals surface area contributed by atoms with Crippen molar-refractivity contribution in [1.82, 2.24) is 14.9 Å². The average molecular weight is 282 g/mol. The summed E-state index contributed by atoms with van der Waals surface area (Å²) in [6.07, 6.45) is 2.81. The SMILES string of the molecule is S=c1ncc2c([nH]1)CCN(Cc1ccc(Cl)o1)C2. The molecule has 0 saturated heterocycles. The largest absolute Gasteiger partial charge is 0.448 e. The van der Waals surface area contributed by atoms with Gasteiger partial charge in [-0.15, -0.1) is 0 Å². The van der Waals surface area contributed by atoms with E-state index in [0.29, 0.717) is 9.99 Å². The topological polar surface area (TPSA) is 45.1 Å². The maximum absolute atomic E-state index is 5.76. The van der Waals surface area contributed by atoms with Gasteiger partial charge in [0.1, 0.15) is 5.76 Å². The van der Waals surface area contributed by atoms with Gasteiger partial charge < -0.3 is 9.40 Å². The van der Waals surface area contributed by atoms with Gasteiger partial charge in [-0.3, -0.25) is 4.90 Å². The van der Waals surface area contributed by atoms with Crippen LogP contribution in [0.2, 0.25) is 5.22 Å². The van der Waals surface area contributed by atoms with Crippen molar-refractivity contribution in [2.45, 2.75) is 19.5 Å². The molecule has 2 aromatic heterocycles. The van der Waals surface area contributed by atoms with Crippen LogP contribution in [0.4, 0.5) is 0 Å². The van der Waals surface area contributed by atoms with E-state index in [2.05, 4.69) is 14.9 Å². The molecule has 0 atom stereocenters. The Morgan fingerprint density at radius 1 is 1.50 bits per heavy atom. The highest BCUT2D eigenvalue weighted by molar-refractivity contribution is 7.71. The maximum Gasteiger partial charge on any atom is 0.196 e. The minimum atomic E-state index is 0.438. The summed E-state index contributed by atoms with van der Waals surface area (Å²) in [4.78, 5) is 9.58. The Hall–Kier alpha value is -1.17. The number of H-pyrrole nitrogens is 1. The summed E-state index contributed by atoms with van der Waals surface area (Å²) < 4.78 is 5.93. The molecular formula is C12H12ClN3OS. The number of halogens is 1. The van der Waals surface area contributed by atoms with Crippen LogP contribution in [-0.2, 0) is 19.5 Å². The molecule has 0 unspecified atom stereocenters. The molecule has 3 rings (SSSR count). The van der Waals surface area contributed by atoms with Crippen LogP contribution >= 0.6 is 23.8 Å². The zero-order chi connectivity index (χ0) is 12.5. The van der Waals surface area contributed by atoms with Gasteiger partial charge in [0, 0.05) is 37.0 Å².